The molecule has 1 aromatic heterocycles. The van der Waals surface area contributed by atoms with Crippen molar-refractivity contribution in [3.63, 3.8) is 0 Å². The second-order valence-electron chi connectivity index (χ2n) is 5.79. The van der Waals surface area contributed by atoms with Gasteiger partial charge in [0.15, 0.2) is 5.13 Å². The summed E-state index contributed by atoms with van der Waals surface area (Å²) in [7, 11) is 2.23. The molecule has 2 atom stereocenters. The van der Waals surface area contributed by atoms with E-state index in [1.54, 1.807) is 0 Å². The predicted molar refractivity (Wildman–Crippen MR) is 80.9 cm³/mol. The standard InChI is InChI=1S/C14H24N4S/c1-3-10-9-18(8-7-17(10)2)14-16-13-11(15)5-4-6-12(13)19-14/h10-11H,3-9,15H2,1-2H3. The van der Waals surface area contributed by atoms with Gasteiger partial charge < -0.3 is 10.6 Å². The van der Waals surface area contributed by atoms with Gasteiger partial charge in [-0.2, -0.15) is 0 Å². The number of hydrogen-bond donors (Lipinski definition) is 1. The molecule has 1 aliphatic heterocycles. The van der Waals surface area contributed by atoms with Crippen LogP contribution in [0.25, 0.3) is 0 Å². The maximum Gasteiger partial charge on any atom is 0.185 e. The number of aromatic nitrogens is 1. The minimum Gasteiger partial charge on any atom is -0.345 e. The Morgan fingerprint density at radius 2 is 2.26 bits per heavy atom. The summed E-state index contributed by atoms with van der Waals surface area (Å²) in [5.74, 6) is 0. The van der Waals surface area contributed by atoms with Crippen molar-refractivity contribution in [3.8, 4) is 0 Å². The molecule has 0 saturated carbocycles. The minimum absolute atomic E-state index is 0.170. The molecule has 4 nitrogen and oxygen atoms in total. The molecule has 106 valence electrons. The van der Waals surface area contributed by atoms with E-state index in [-0.39, 0.29) is 6.04 Å². The minimum atomic E-state index is 0.170. The van der Waals surface area contributed by atoms with Gasteiger partial charge in [0, 0.05) is 36.6 Å². The Morgan fingerprint density at radius 3 is 3.00 bits per heavy atom. The number of nitrogens with two attached hydrogens (primary N) is 1. The van der Waals surface area contributed by atoms with E-state index in [0.29, 0.717) is 6.04 Å². The number of aryl methyl sites for hydroxylation is 1. The van der Waals surface area contributed by atoms with Gasteiger partial charge in [-0.3, -0.25) is 4.90 Å². The van der Waals surface area contributed by atoms with Gasteiger partial charge in [-0.05, 0) is 32.7 Å². The average molecular weight is 280 g/mol. The Kier molecular flexibility index (Phi) is 3.78. The molecule has 19 heavy (non-hydrogen) atoms. The van der Waals surface area contributed by atoms with Crippen LogP contribution in [0.3, 0.4) is 0 Å². The van der Waals surface area contributed by atoms with Crippen molar-refractivity contribution in [3.05, 3.63) is 10.6 Å². The fourth-order valence-electron chi connectivity index (χ4n) is 3.13. The highest BCUT2D eigenvalue weighted by Gasteiger charge is 2.28. The second kappa shape index (κ2) is 5.38. The SMILES string of the molecule is CCC1CN(c2nc3c(s2)CCCC3N)CCN1C. The Labute approximate surface area is 119 Å². The summed E-state index contributed by atoms with van der Waals surface area (Å²) in [4.78, 5) is 11.2. The molecular formula is C14H24N4S. The summed E-state index contributed by atoms with van der Waals surface area (Å²) in [6.07, 6.45) is 4.69. The molecule has 0 aromatic carbocycles. The maximum absolute atomic E-state index is 6.18. The van der Waals surface area contributed by atoms with Crippen LogP contribution in [0.4, 0.5) is 5.13 Å². The second-order valence-corrected chi connectivity index (χ2v) is 6.85. The van der Waals surface area contributed by atoms with Gasteiger partial charge in [0.1, 0.15) is 0 Å². The van der Waals surface area contributed by atoms with E-state index < -0.39 is 0 Å². The van der Waals surface area contributed by atoms with E-state index in [1.807, 2.05) is 11.3 Å². The lowest BCUT2D eigenvalue weighted by Crippen LogP contribution is -2.51. The van der Waals surface area contributed by atoms with Crippen molar-refractivity contribution < 1.29 is 0 Å². The third kappa shape index (κ3) is 2.51. The van der Waals surface area contributed by atoms with Crippen LogP contribution < -0.4 is 10.6 Å². The van der Waals surface area contributed by atoms with Crippen LogP contribution in [0.15, 0.2) is 0 Å². The van der Waals surface area contributed by atoms with Crippen LogP contribution >= 0.6 is 11.3 Å². The first-order valence-corrected chi connectivity index (χ1v) is 8.21. The van der Waals surface area contributed by atoms with Gasteiger partial charge in [-0.25, -0.2) is 4.98 Å². The first kappa shape index (κ1) is 13.3. The van der Waals surface area contributed by atoms with Gasteiger partial charge in [0.05, 0.1) is 5.69 Å². The quantitative estimate of drug-likeness (QED) is 0.900. The molecule has 0 radical (unpaired) electrons. The molecule has 1 aromatic rings. The summed E-state index contributed by atoms with van der Waals surface area (Å²) in [6, 6.07) is 0.825. The molecule has 1 saturated heterocycles. The zero-order chi connectivity index (χ0) is 13.4. The Balaban J connectivity index is 1.79. The summed E-state index contributed by atoms with van der Waals surface area (Å²) in [5, 5.41) is 1.20. The smallest absolute Gasteiger partial charge is 0.185 e. The van der Waals surface area contributed by atoms with Crippen molar-refractivity contribution >= 4 is 16.5 Å². The lowest BCUT2D eigenvalue weighted by atomic mass is 9.99. The van der Waals surface area contributed by atoms with Crippen molar-refractivity contribution in [2.45, 2.75) is 44.7 Å². The highest BCUT2D eigenvalue weighted by atomic mass is 32.1. The predicted octanol–water partition coefficient (Wildman–Crippen LogP) is 2.01. The topological polar surface area (TPSA) is 45.4 Å². The zero-order valence-electron chi connectivity index (χ0n) is 11.9. The first-order valence-electron chi connectivity index (χ1n) is 7.39. The Bertz CT molecular complexity index is 445. The molecule has 0 spiro atoms. The molecule has 1 aliphatic carbocycles. The van der Waals surface area contributed by atoms with Gasteiger partial charge in [0.2, 0.25) is 0 Å². The maximum atomic E-state index is 6.18. The number of fused-ring (bicyclic) bond motifs is 1. The van der Waals surface area contributed by atoms with Crippen molar-refractivity contribution in [1.82, 2.24) is 9.88 Å². The molecular weight excluding hydrogens is 256 g/mol. The number of piperazine rings is 1. The summed E-state index contributed by atoms with van der Waals surface area (Å²) < 4.78 is 0. The van der Waals surface area contributed by atoms with Crippen LogP contribution in [0, 0.1) is 0 Å². The molecule has 3 rings (SSSR count). The van der Waals surface area contributed by atoms with E-state index in [4.69, 9.17) is 10.7 Å². The lowest BCUT2D eigenvalue weighted by molar-refractivity contribution is 0.213. The Morgan fingerprint density at radius 1 is 1.42 bits per heavy atom. The molecule has 1 fully saturated rings. The summed E-state index contributed by atoms with van der Waals surface area (Å²) in [5.41, 5.74) is 7.36. The van der Waals surface area contributed by atoms with Crippen molar-refractivity contribution in [2.75, 3.05) is 31.6 Å². The lowest BCUT2D eigenvalue weighted by Gasteiger charge is -2.39. The number of rotatable bonds is 2. The van der Waals surface area contributed by atoms with Crippen LogP contribution in [0.2, 0.25) is 0 Å². The number of hydrogen-bond acceptors (Lipinski definition) is 5. The van der Waals surface area contributed by atoms with Crippen molar-refractivity contribution in [1.29, 1.82) is 0 Å². The fourth-order valence-corrected chi connectivity index (χ4v) is 4.34. The van der Waals surface area contributed by atoms with E-state index >= 15 is 0 Å². The van der Waals surface area contributed by atoms with Gasteiger partial charge in [-0.1, -0.05) is 6.92 Å². The van der Waals surface area contributed by atoms with E-state index in [2.05, 4.69) is 23.8 Å². The van der Waals surface area contributed by atoms with Crippen LogP contribution in [0.1, 0.15) is 42.8 Å². The number of likely N-dealkylation sites (N-methyl/N-ethyl adjacent to an activating group) is 1. The Hall–Kier alpha value is -0.650. The van der Waals surface area contributed by atoms with E-state index in [9.17, 15) is 0 Å². The average Bonchev–Trinajstić information content (AvgIpc) is 2.85. The fraction of sp³-hybridized carbons (Fsp3) is 0.786. The molecule has 0 bridgehead atoms. The molecule has 2 unspecified atom stereocenters. The number of anilines is 1. The van der Waals surface area contributed by atoms with E-state index in [1.165, 1.54) is 35.0 Å². The highest BCUT2D eigenvalue weighted by molar-refractivity contribution is 7.15. The van der Waals surface area contributed by atoms with Crippen LogP contribution in [-0.4, -0.2) is 42.6 Å². The molecule has 2 aliphatic rings. The molecule has 2 heterocycles. The third-order valence-corrected chi connectivity index (χ3v) is 5.70. The zero-order valence-corrected chi connectivity index (χ0v) is 12.7. The van der Waals surface area contributed by atoms with Gasteiger partial charge in [0.25, 0.3) is 0 Å². The first-order chi connectivity index (χ1) is 9.19. The van der Waals surface area contributed by atoms with Crippen LogP contribution in [-0.2, 0) is 6.42 Å². The normalized spacial score (nSPS) is 28.5. The van der Waals surface area contributed by atoms with E-state index in [0.717, 1.165) is 26.1 Å². The largest absolute Gasteiger partial charge is 0.345 e. The molecule has 5 heteroatoms. The highest BCUT2D eigenvalue weighted by Crippen LogP contribution is 2.36. The van der Waals surface area contributed by atoms with Gasteiger partial charge in [-0.15, -0.1) is 11.3 Å². The number of thiazole rings is 1. The summed E-state index contributed by atoms with van der Waals surface area (Å²) >= 11 is 1.88. The van der Waals surface area contributed by atoms with Gasteiger partial charge >= 0.3 is 0 Å². The number of nitrogens with zero attached hydrogens (tertiary/aromatic N) is 3. The molecule has 0 amide bonds. The third-order valence-electron chi connectivity index (χ3n) is 4.51. The van der Waals surface area contributed by atoms with Crippen molar-refractivity contribution in [2.24, 2.45) is 5.73 Å². The monoisotopic (exact) mass is 280 g/mol. The van der Waals surface area contributed by atoms with Crippen LogP contribution in [0.5, 0.6) is 0 Å². The summed E-state index contributed by atoms with van der Waals surface area (Å²) in [6.45, 7) is 5.60. The molecule has 2 N–H and O–H groups in total.